The van der Waals surface area contributed by atoms with Gasteiger partial charge in [0.2, 0.25) is 10.0 Å². The Morgan fingerprint density at radius 1 is 1.45 bits per heavy atom. The summed E-state index contributed by atoms with van der Waals surface area (Å²) in [5.74, 6) is -0.295. The highest BCUT2D eigenvalue weighted by atomic mass is 32.2. The molecule has 10 heteroatoms. The Labute approximate surface area is 114 Å². The number of H-pyrrole nitrogens is 1. The molecular weight excluding hydrogens is 287 g/mol. The monoisotopic (exact) mass is 300 g/mol. The number of hydrogen-bond acceptors (Lipinski definition) is 6. The molecule has 0 radical (unpaired) electrons. The maximum absolute atomic E-state index is 13.7. The zero-order chi connectivity index (χ0) is 14.8. The van der Waals surface area contributed by atoms with Crippen molar-refractivity contribution < 1.29 is 12.8 Å². The van der Waals surface area contributed by atoms with Crippen LogP contribution in [0.1, 0.15) is 17.0 Å². The number of nitrogens with two attached hydrogens (primary N) is 1. The second kappa shape index (κ2) is 5.61. The van der Waals surface area contributed by atoms with Gasteiger partial charge in [0.25, 0.3) is 0 Å². The molecule has 0 aliphatic carbocycles. The van der Waals surface area contributed by atoms with Gasteiger partial charge in [-0.1, -0.05) is 5.21 Å². The Balaban J connectivity index is 2.27. The van der Waals surface area contributed by atoms with Gasteiger partial charge in [-0.2, -0.15) is 5.21 Å². The Kier molecular flexibility index (Phi) is 4.06. The number of halogens is 1. The van der Waals surface area contributed by atoms with Crippen molar-refractivity contribution in [3.8, 4) is 0 Å². The van der Waals surface area contributed by atoms with Crippen molar-refractivity contribution in [1.82, 2.24) is 25.3 Å². The first kappa shape index (κ1) is 14.5. The molecule has 0 unspecified atom stereocenters. The minimum Gasteiger partial charge on any atom is -0.326 e. The van der Waals surface area contributed by atoms with Crippen molar-refractivity contribution >= 4 is 10.0 Å². The van der Waals surface area contributed by atoms with Gasteiger partial charge < -0.3 is 5.73 Å². The fourth-order valence-corrected chi connectivity index (χ4v) is 2.73. The summed E-state index contributed by atoms with van der Waals surface area (Å²) in [6, 6.07) is 2.45. The lowest BCUT2D eigenvalue weighted by Crippen LogP contribution is -2.24. The van der Waals surface area contributed by atoms with Crippen molar-refractivity contribution in [2.75, 3.05) is 0 Å². The summed E-state index contributed by atoms with van der Waals surface area (Å²) < 4.78 is 40.1. The molecule has 2 rings (SSSR count). The lowest BCUT2D eigenvalue weighted by Gasteiger charge is -2.09. The third kappa shape index (κ3) is 2.98. The maximum Gasteiger partial charge on any atom is 0.241 e. The van der Waals surface area contributed by atoms with Gasteiger partial charge in [0.05, 0.1) is 11.4 Å². The standard InChI is InChI=1S/C10H13FN6O2S/c1-6-2-8(3-7(4-12)10(6)11)20(18,19)13-5-9-14-16-17-15-9/h2-3,13H,4-5,12H2,1H3,(H,14,15,16,17). The third-order valence-corrected chi connectivity index (χ3v) is 4.02. The van der Waals surface area contributed by atoms with Crippen LogP contribution in [0.3, 0.4) is 0 Å². The van der Waals surface area contributed by atoms with Crippen molar-refractivity contribution in [3.05, 3.63) is 34.9 Å². The van der Waals surface area contributed by atoms with E-state index in [1.54, 1.807) is 0 Å². The molecule has 8 nitrogen and oxygen atoms in total. The lowest BCUT2D eigenvalue weighted by molar-refractivity contribution is 0.575. The molecular formula is C10H13FN6O2S. The van der Waals surface area contributed by atoms with Crippen LogP contribution in [-0.4, -0.2) is 29.0 Å². The second-order valence-corrected chi connectivity index (χ2v) is 5.84. The van der Waals surface area contributed by atoms with E-state index < -0.39 is 15.8 Å². The van der Waals surface area contributed by atoms with Crippen LogP contribution in [0.15, 0.2) is 17.0 Å². The number of sulfonamides is 1. The molecule has 1 heterocycles. The topological polar surface area (TPSA) is 127 Å². The van der Waals surface area contributed by atoms with Crippen LogP contribution in [0.4, 0.5) is 4.39 Å². The molecule has 0 fully saturated rings. The fourth-order valence-electron chi connectivity index (χ4n) is 1.61. The average molecular weight is 300 g/mol. The van der Waals surface area contributed by atoms with Gasteiger partial charge in [0.15, 0.2) is 5.82 Å². The van der Waals surface area contributed by atoms with Gasteiger partial charge in [0.1, 0.15) is 5.82 Å². The summed E-state index contributed by atoms with van der Waals surface area (Å²) in [5.41, 5.74) is 5.75. The molecule has 4 N–H and O–H groups in total. The highest BCUT2D eigenvalue weighted by Gasteiger charge is 2.18. The molecule has 1 aromatic heterocycles. The Hall–Kier alpha value is -1.91. The third-order valence-electron chi connectivity index (χ3n) is 2.64. The molecule has 0 bridgehead atoms. The summed E-state index contributed by atoms with van der Waals surface area (Å²) in [7, 11) is -3.80. The number of aromatic nitrogens is 4. The van der Waals surface area contributed by atoms with Crippen LogP contribution >= 0.6 is 0 Å². The summed E-state index contributed by atoms with van der Waals surface area (Å²) in [5, 5.41) is 12.8. The number of nitrogens with zero attached hydrogens (tertiary/aromatic N) is 3. The molecule has 0 aliphatic heterocycles. The lowest BCUT2D eigenvalue weighted by atomic mass is 10.1. The first-order chi connectivity index (χ1) is 9.44. The Morgan fingerprint density at radius 2 is 2.20 bits per heavy atom. The molecule has 0 aliphatic rings. The van der Waals surface area contributed by atoms with E-state index in [4.69, 9.17) is 5.73 Å². The van der Waals surface area contributed by atoms with Crippen molar-refractivity contribution in [1.29, 1.82) is 0 Å². The Morgan fingerprint density at radius 3 is 2.80 bits per heavy atom. The largest absolute Gasteiger partial charge is 0.326 e. The number of nitrogens with one attached hydrogen (secondary N) is 2. The van der Waals surface area contributed by atoms with Crippen molar-refractivity contribution in [2.45, 2.75) is 24.9 Å². The molecule has 0 spiro atoms. The molecule has 1 aromatic carbocycles. The number of rotatable bonds is 5. The summed E-state index contributed by atoms with van der Waals surface area (Å²) >= 11 is 0. The van der Waals surface area contributed by atoms with Crippen LogP contribution in [0.2, 0.25) is 0 Å². The molecule has 0 amide bonds. The SMILES string of the molecule is Cc1cc(S(=O)(=O)NCc2nn[nH]n2)cc(CN)c1F. The van der Waals surface area contributed by atoms with E-state index in [0.717, 1.165) is 0 Å². The Bertz CT molecular complexity index is 701. The van der Waals surface area contributed by atoms with Gasteiger partial charge >= 0.3 is 0 Å². The molecule has 20 heavy (non-hydrogen) atoms. The van der Waals surface area contributed by atoms with Crippen LogP contribution in [-0.2, 0) is 23.1 Å². The van der Waals surface area contributed by atoms with E-state index in [1.165, 1.54) is 19.1 Å². The van der Waals surface area contributed by atoms with Crippen LogP contribution in [0.25, 0.3) is 0 Å². The van der Waals surface area contributed by atoms with Crippen LogP contribution in [0, 0.1) is 12.7 Å². The molecule has 0 atom stereocenters. The zero-order valence-electron chi connectivity index (χ0n) is 10.6. The minimum atomic E-state index is -3.80. The first-order valence-electron chi connectivity index (χ1n) is 5.65. The smallest absolute Gasteiger partial charge is 0.241 e. The van der Waals surface area contributed by atoms with Gasteiger partial charge in [-0.25, -0.2) is 17.5 Å². The predicted octanol–water partition coefficient (Wildman–Crippen LogP) is -0.416. The van der Waals surface area contributed by atoms with Gasteiger partial charge in [-0.3, -0.25) is 0 Å². The van der Waals surface area contributed by atoms with E-state index in [2.05, 4.69) is 25.3 Å². The van der Waals surface area contributed by atoms with Crippen molar-refractivity contribution in [2.24, 2.45) is 5.73 Å². The van der Waals surface area contributed by atoms with E-state index in [0.29, 0.717) is 0 Å². The van der Waals surface area contributed by atoms with Gasteiger partial charge in [-0.15, -0.1) is 10.2 Å². The molecule has 2 aromatic rings. The van der Waals surface area contributed by atoms with E-state index in [-0.39, 0.29) is 34.9 Å². The van der Waals surface area contributed by atoms with E-state index in [9.17, 15) is 12.8 Å². The van der Waals surface area contributed by atoms with Crippen molar-refractivity contribution in [3.63, 3.8) is 0 Å². The van der Waals surface area contributed by atoms with Gasteiger partial charge in [-0.05, 0) is 24.6 Å². The molecule has 108 valence electrons. The molecule has 0 saturated heterocycles. The maximum atomic E-state index is 13.7. The number of aromatic amines is 1. The molecule has 0 saturated carbocycles. The first-order valence-corrected chi connectivity index (χ1v) is 7.13. The number of tetrazole rings is 1. The van der Waals surface area contributed by atoms with E-state index >= 15 is 0 Å². The second-order valence-electron chi connectivity index (χ2n) is 4.07. The highest BCUT2D eigenvalue weighted by molar-refractivity contribution is 7.89. The number of hydrogen-bond donors (Lipinski definition) is 3. The summed E-state index contributed by atoms with van der Waals surface area (Å²) in [6.07, 6.45) is 0. The number of benzene rings is 1. The van der Waals surface area contributed by atoms with Crippen LogP contribution in [0.5, 0.6) is 0 Å². The fraction of sp³-hybridized carbons (Fsp3) is 0.300. The quantitative estimate of drug-likeness (QED) is 0.688. The number of aryl methyl sites for hydroxylation is 1. The summed E-state index contributed by atoms with van der Waals surface area (Å²) in [6.45, 7) is 1.28. The van der Waals surface area contributed by atoms with Gasteiger partial charge in [0, 0.05) is 12.1 Å². The highest BCUT2D eigenvalue weighted by Crippen LogP contribution is 2.19. The van der Waals surface area contributed by atoms with E-state index in [1.807, 2.05) is 0 Å². The minimum absolute atomic E-state index is 0.0552. The predicted molar refractivity (Wildman–Crippen MR) is 67.2 cm³/mol. The normalized spacial score (nSPS) is 11.8. The van der Waals surface area contributed by atoms with Crippen LogP contribution < -0.4 is 10.5 Å². The summed E-state index contributed by atoms with van der Waals surface area (Å²) in [4.78, 5) is -0.0552. The average Bonchev–Trinajstić information content (AvgIpc) is 2.92. The zero-order valence-corrected chi connectivity index (χ0v) is 11.4.